The van der Waals surface area contributed by atoms with Crippen LogP contribution in [0.5, 0.6) is 5.75 Å². The minimum atomic E-state index is 0.703. The van der Waals surface area contributed by atoms with Gasteiger partial charge in [0.15, 0.2) is 0 Å². The highest BCUT2D eigenvalue weighted by atomic mass is 16.5. The van der Waals surface area contributed by atoms with E-state index < -0.39 is 0 Å². The van der Waals surface area contributed by atoms with E-state index in [2.05, 4.69) is 110 Å². The van der Waals surface area contributed by atoms with Crippen molar-refractivity contribution in [2.75, 3.05) is 26.2 Å². The molecule has 0 radical (unpaired) electrons. The van der Waals surface area contributed by atoms with Crippen LogP contribution in [0.3, 0.4) is 0 Å². The summed E-state index contributed by atoms with van der Waals surface area (Å²) in [6.45, 7) is 12.1. The predicted molar refractivity (Wildman–Crippen MR) is 133 cm³/mol. The van der Waals surface area contributed by atoms with Crippen LogP contribution in [-0.2, 0) is 0 Å². The second-order valence-electron chi connectivity index (χ2n) is 7.48. The van der Waals surface area contributed by atoms with Gasteiger partial charge in [-0.25, -0.2) is 0 Å². The molecule has 0 aliphatic rings. The van der Waals surface area contributed by atoms with E-state index >= 15 is 0 Å². The molecule has 0 heterocycles. The van der Waals surface area contributed by atoms with Gasteiger partial charge in [0.25, 0.3) is 0 Å². The molecule has 3 aromatic rings. The Bertz CT molecular complexity index is 955. The molecule has 0 fully saturated rings. The van der Waals surface area contributed by atoms with Gasteiger partial charge in [0, 0.05) is 6.54 Å². The molecule has 0 N–H and O–H groups in total. The van der Waals surface area contributed by atoms with Gasteiger partial charge in [-0.2, -0.15) is 0 Å². The number of rotatable bonds is 11. The van der Waals surface area contributed by atoms with Gasteiger partial charge < -0.3 is 9.64 Å². The van der Waals surface area contributed by atoms with Gasteiger partial charge in [0.05, 0.1) is 0 Å². The molecule has 0 amide bonds. The zero-order valence-electron chi connectivity index (χ0n) is 18.8. The Morgan fingerprint density at radius 2 is 1.32 bits per heavy atom. The van der Waals surface area contributed by atoms with Crippen LogP contribution in [-0.4, -0.2) is 31.1 Å². The quantitative estimate of drug-likeness (QED) is 0.250. The largest absolute Gasteiger partial charge is 0.492 e. The van der Waals surface area contributed by atoms with E-state index in [1.165, 1.54) is 27.8 Å². The first kappa shape index (κ1) is 22.6. The SMILES string of the molecule is C=CCC(=C(c1ccccc1)c1ccc(OCCN(CC)CC)cc1)c1ccccc1. The number of hydrogen-bond donors (Lipinski definition) is 0. The summed E-state index contributed by atoms with van der Waals surface area (Å²) in [4.78, 5) is 2.37. The van der Waals surface area contributed by atoms with E-state index in [1.807, 2.05) is 6.08 Å². The van der Waals surface area contributed by atoms with Gasteiger partial charge in [-0.05, 0) is 59.5 Å². The van der Waals surface area contributed by atoms with Crippen molar-refractivity contribution in [1.29, 1.82) is 0 Å². The second kappa shape index (κ2) is 11.9. The monoisotopic (exact) mass is 411 g/mol. The van der Waals surface area contributed by atoms with Crippen molar-refractivity contribution in [3.8, 4) is 5.75 Å². The van der Waals surface area contributed by atoms with Crippen molar-refractivity contribution in [3.63, 3.8) is 0 Å². The molecular weight excluding hydrogens is 378 g/mol. The van der Waals surface area contributed by atoms with E-state index in [0.717, 1.165) is 31.8 Å². The van der Waals surface area contributed by atoms with Crippen molar-refractivity contribution in [1.82, 2.24) is 4.90 Å². The number of allylic oxidation sites excluding steroid dienone is 2. The molecule has 3 rings (SSSR count). The van der Waals surface area contributed by atoms with Gasteiger partial charge >= 0.3 is 0 Å². The van der Waals surface area contributed by atoms with Crippen LogP contribution >= 0.6 is 0 Å². The number of ether oxygens (including phenoxy) is 1. The highest BCUT2D eigenvalue weighted by molar-refractivity contribution is 5.99. The molecule has 0 bridgehead atoms. The van der Waals surface area contributed by atoms with E-state index in [0.29, 0.717) is 6.61 Å². The summed E-state index contributed by atoms with van der Waals surface area (Å²) >= 11 is 0. The molecule has 0 aromatic heterocycles. The second-order valence-corrected chi connectivity index (χ2v) is 7.48. The summed E-state index contributed by atoms with van der Waals surface area (Å²) in [5, 5.41) is 0. The zero-order valence-corrected chi connectivity index (χ0v) is 18.8. The molecule has 2 heteroatoms. The lowest BCUT2D eigenvalue weighted by Gasteiger charge is -2.19. The minimum Gasteiger partial charge on any atom is -0.492 e. The lowest BCUT2D eigenvalue weighted by atomic mass is 9.88. The number of benzene rings is 3. The van der Waals surface area contributed by atoms with Crippen LogP contribution in [0.25, 0.3) is 11.1 Å². The summed E-state index contributed by atoms with van der Waals surface area (Å²) in [6.07, 6.45) is 2.78. The highest BCUT2D eigenvalue weighted by Crippen LogP contribution is 2.35. The molecule has 0 unspecified atom stereocenters. The molecule has 0 aliphatic heterocycles. The first-order valence-corrected chi connectivity index (χ1v) is 11.2. The summed E-state index contributed by atoms with van der Waals surface area (Å²) in [5.41, 5.74) is 6.13. The maximum absolute atomic E-state index is 6.00. The molecular formula is C29H33NO. The fourth-order valence-electron chi connectivity index (χ4n) is 3.82. The van der Waals surface area contributed by atoms with E-state index in [1.54, 1.807) is 0 Å². The Hall–Kier alpha value is -3.10. The van der Waals surface area contributed by atoms with Crippen molar-refractivity contribution in [3.05, 3.63) is 114 Å². The third-order valence-electron chi connectivity index (χ3n) is 5.55. The number of hydrogen-bond acceptors (Lipinski definition) is 2. The van der Waals surface area contributed by atoms with Gasteiger partial charge in [0.2, 0.25) is 0 Å². The third kappa shape index (κ3) is 6.19. The Kier molecular flexibility index (Phi) is 8.69. The number of likely N-dealkylation sites (N-methyl/N-ethyl adjacent to an activating group) is 1. The maximum Gasteiger partial charge on any atom is 0.119 e. The first-order valence-electron chi connectivity index (χ1n) is 11.2. The van der Waals surface area contributed by atoms with Crippen molar-refractivity contribution in [2.45, 2.75) is 20.3 Å². The van der Waals surface area contributed by atoms with Gasteiger partial charge in [0.1, 0.15) is 12.4 Å². The lowest BCUT2D eigenvalue weighted by molar-refractivity contribution is 0.223. The van der Waals surface area contributed by atoms with Crippen molar-refractivity contribution >= 4 is 11.1 Å². The molecule has 0 aliphatic carbocycles. The zero-order chi connectivity index (χ0) is 21.9. The molecule has 2 nitrogen and oxygen atoms in total. The smallest absolute Gasteiger partial charge is 0.119 e. The summed E-state index contributed by atoms with van der Waals surface area (Å²) < 4.78 is 6.00. The number of nitrogens with zero attached hydrogens (tertiary/aromatic N) is 1. The van der Waals surface area contributed by atoms with Crippen LogP contribution < -0.4 is 4.74 Å². The van der Waals surface area contributed by atoms with E-state index in [9.17, 15) is 0 Å². The third-order valence-corrected chi connectivity index (χ3v) is 5.55. The topological polar surface area (TPSA) is 12.5 Å². The van der Waals surface area contributed by atoms with Crippen LogP contribution in [0.15, 0.2) is 97.6 Å². The van der Waals surface area contributed by atoms with Crippen molar-refractivity contribution in [2.24, 2.45) is 0 Å². The molecule has 31 heavy (non-hydrogen) atoms. The molecule has 0 spiro atoms. The van der Waals surface area contributed by atoms with Crippen LogP contribution in [0.2, 0.25) is 0 Å². The first-order chi connectivity index (χ1) is 15.3. The Morgan fingerprint density at radius 1 is 0.774 bits per heavy atom. The average Bonchev–Trinajstić information content (AvgIpc) is 2.84. The standard InChI is InChI=1S/C29H33NO/c1-4-13-28(24-14-9-7-10-15-24)29(25-16-11-8-12-17-25)26-18-20-27(21-19-26)31-23-22-30(5-2)6-3/h4,7-12,14-21H,1,5-6,13,22-23H2,2-3H3. The van der Waals surface area contributed by atoms with Gasteiger partial charge in [-0.15, -0.1) is 6.58 Å². The fourth-order valence-corrected chi connectivity index (χ4v) is 3.82. The van der Waals surface area contributed by atoms with Crippen LogP contribution in [0.4, 0.5) is 0 Å². The molecule has 0 saturated carbocycles. The summed E-state index contributed by atoms with van der Waals surface area (Å²) in [7, 11) is 0. The Balaban J connectivity index is 1.94. The highest BCUT2D eigenvalue weighted by Gasteiger charge is 2.13. The molecule has 3 aromatic carbocycles. The van der Waals surface area contributed by atoms with Crippen molar-refractivity contribution < 1.29 is 4.74 Å². The van der Waals surface area contributed by atoms with Crippen LogP contribution in [0, 0.1) is 0 Å². The Labute approximate surface area is 187 Å². The van der Waals surface area contributed by atoms with Gasteiger partial charge in [-0.3, -0.25) is 0 Å². The lowest BCUT2D eigenvalue weighted by Crippen LogP contribution is -2.27. The fraction of sp³-hybridized carbons (Fsp3) is 0.241. The molecule has 160 valence electrons. The van der Waals surface area contributed by atoms with Crippen LogP contribution in [0.1, 0.15) is 37.0 Å². The van der Waals surface area contributed by atoms with Gasteiger partial charge in [-0.1, -0.05) is 92.7 Å². The molecule has 0 saturated heterocycles. The minimum absolute atomic E-state index is 0.703. The van der Waals surface area contributed by atoms with E-state index in [4.69, 9.17) is 4.74 Å². The summed E-state index contributed by atoms with van der Waals surface area (Å²) in [5.74, 6) is 0.910. The maximum atomic E-state index is 6.00. The summed E-state index contributed by atoms with van der Waals surface area (Å²) in [6, 6.07) is 29.7. The predicted octanol–water partition coefficient (Wildman–Crippen LogP) is 6.94. The van der Waals surface area contributed by atoms with E-state index in [-0.39, 0.29) is 0 Å². The normalized spacial score (nSPS) is 11.8. The molecule has 0 atom stereocenters. The Morgan fingerprint density at radius 3 is 1.87 bits per heavy atom. The average molecular weight is 412 g/mol.